The fourth-order valence-electron chi connectivity index (χ4n) is 4.25. The summed E-state index contributed by atoms with van der Waals surface area (Å²) in [5.74, 6) is 0. The second-order valence-electron chi connectivity index (χ2n) is 7.53. The van der Waals surface area contributed by atoms with Gasteiger partial charge in [-0.05, 0) is 55.4 Å². The van der Waals surface area contributed by atoms with Gasteiger partial charge in [0.2, 0.25) is 0 Å². The molecule has 1 aliphatic carbocycles. The van der Waals surface area contributed by atoms with Gasteiger partial charge in [-0.2, -0.15) is 0 Å². The Hall–Kier alpha value is -2.75. The van der Waals surface area contributed by atoms with Crippen molar-refractivity contribution >= 4 is 16.9 Å². The molecule has 0 radical (unpaired) electrons. The minimum atomic E-state index is 0.0249. The van der Waals surface area contributed by atoms with Crippen LogP contribution in [0.3, 0.4) is 0 Å². The molecule has 0 spiro atoms. The highest BCUT2D eigenvalue weighted by Gasteiger charge is 2.24. The predicted molar refractivity (Wildman–Crippen MR) is 110 cm³/mol. The molecule has 0 bridgehead atoms. The number of hydrogen-bond acceptors (Lipinski definition) is 1. The van der Waals surface area contributed by atoms with E-state index >= 15 is 0 Å². The normalized spacial score (nSPS) is 16.1. The first-order valence-electron chi connectivity index (χ1n) is 9.77. The lowest BCUT2D eigenvalue weighted by molar-refractivity contribution is 0.184. The lowest BCUT2D eigenvalue weighted by Crippen LogP contribution is -2.46. The molecule has 1 atom stereocenters. The zero-order valence-electron chi connectivity index (χ0n) is 16.1. The van der Waals surface area contributed by atoms with Gasteiger partial charge in [0.1, 0.15) is 0 Å². The first kappa shape index (κ1) is 17.7. The summed E-state index contributed by atoms with van der Waals surface area (Å²) in [5, 5.41) is 4.36. The van der Waals surface area contributed by atoms with Crippen LogP contribution in [0.1, 0.15) is 28.8 Å². The number of urea groups is 1. The maximum Gasteiger partial charge on any atom is 0.317 e. The van der Waals surface area contributed by atoms with Crippen molar-refractivity contribution in [2.24, 2.45) is 0 Å². The van der Waals surface area contributed by atoms with Crippen LogP contribution >= 0.6 is 0 Å². The summed E-state index contributed by atoms with van der Waals surface area (Å²) >= 11 is 0. The fraction of sp³-hybridized carbons (Fsp3) is 0.348. The fourth-order valence-corrected chi connectivity index (χ4v) is 4.25. The molecule has 1 heterocycles. The predicted octanol–water partition coefficient (Wildman–Crippen LogP) is 4.22. The second-order valence-corrected chi connectivity index (χ2v) is 7.53. The van der Waals surface area contributed by atoms with E-state index in [0.29, 0.717) is 6.54 Å². The van der Waals surface area contributed by atoms with Crippen molar-refractivity contribution in [3.8, 4) is 0 Å². The van der Waals surface area contributed by atoms with E-state index in [1.165, 1.54) is 27.8 Å². The van der Waals surface area contributed by atoms with Crippen molar-refractivity contribution < 1.29 is 4.79 Å². The van der Waals surface area contributed by atoms with Gasteiger partial charge in [0.05, 0.1) is 0 Å². The van der Waals surface area contributed by atoms with E-state index in [1.807, 2.05) is 18.0 Å². The molecular weight excluding hydrogens is 334 g/mol. The Kier molecular flexibility index (Phi) is 4.88. The third-order valence-corrected chi connectivity index (χ3v) is 5.87. The molecule has 1 unspecified atom stereocenters. The number of aromatic amines is 1. The monoisotopic (exact) mass is 361 g/mol. The number of carbonyl (C=O) groups is 1. The number of amides is 2. The minimum absolute atomic E-state index is 0.0249. The molecule has 4 rings (SSSR count). The number of fused-ring (bicyclic) bond motifs is 2. The molecule has 4 nitrogen and oxygen atoms in total. The van der Waals surface area contributed by atoms with Gasteiger partial charge in [-0.15, -0.1) is 0 Å². The molecule has 140 valence electrons. The van der Waals surface area contributed by atoms with Crippen molar-refractivity contribution in [3.05, 3.63) is 70.9 Å². The summed E-state index contributed by atoms with van der Waals surface area (Å²) in [6.45, 7) is 2.75. The van der Waals surface area contributed by atoms with E-state index in [2.05, 4.69) is 59.7 Å². The number of nitrogens with one attached hydrogen (secondary N) is 2. The van der Waals surface area contributed by atoms with Crippen LogP contribution in [0.15, 0.2) is 48.5 Å². The average Bonchev–Trinajstić information content (AvgIpc) is 3.02. The molecule has 27 heavy (non-hydrogen) atoms. The molecule has 2 N–H and O–H groups in total. The van der Waals surface area contributed by atoms with E-state index in [1.54, 1.807) is 0 Å². The van der Waals surface area contributed by atoms with Crippen molar-refractivity contribution in [1.29, 1.82) is 0 Å². The largest absolute Gasteiger partial charge is 0.358 e. The lowest BCUT2D eigenvalue weighted by Gasteiger charge is -2.32. The van der Waals surface area contributed by atoms with Crippen LogP contribution < -0.4 is 5.32 Å². The van der Waals surface area contributed by atoms with Gasteiger partial charge >= 0.3 is 6.03 Å². The quantitative estimate of drug-likeness (QED) is 0.718. The molecule has 0 fully saturated rings. The highest BCUT2D eigenvalue weighted by molar-refractivity contribution is 5.84. The van der Waals surface area contributed by atoms with Crippen LogP contribution in [-0.2, 0) is 19.3 Å². The van der Waals surface area contributed by atoms with Crippen LogP contribution in [0.4, 0.5) is 4.79 Å². The van der Waals surface area contributed by atoms with E-state index < -0.39 is 0 Å². The van der Waals surface area contributed by atoms with E-state index in [0.717, 1.165) is 31.2 Å². The Balaban J connectivity index is 1.35. The summed E-state index contributed by atoms with van der Waals surface area (Å²) in [4.78, 5) is 18.0. The third kappa shape index (κ3) is 3.57. The van der Waals surface area contributed by atoms with E-state index in [-0.39, 0.29) is 12.1 Å². The highest BCUT2D eigenvalue weighted by atomic mass is 16.2. The van der Waals surface area contributed by atoms with Crippen molar-refractivity contribution in [2.75, 3.05) is 13.6 Å². The average molecular weight is 361 g/mol. The van der Waals surface area contributed by atoms with Crippen molar-refractivity contribution in [1.82, 2.24) is 15.2 Å². The molecule has 0 saturated carbocycles. The van der Waals surface area contributed by atoms with Gasteiger partial charge in [0, 0.05) is 36.2 Å². The molecule has 4 heteroatoms. The van der Waals surface area contributed by atoms with Crippen LogP contribution in [-0.4, -0.2) is 35.5 Å². The third-order valence-electron chi connectivity index (χ3n) is 5.87. The topological polar surface area (TPSA) is 48.1 Å². The van der Waals surface area contributed by atoms with Crippen molar-refractivity contribution in [3.63, 3.8) is 0 Å². The molecule has 0 saturated heterocycles. The zero-order valence-corrected chi connectivity index (χ0v) is 16.1. The van der Waals surface area contributed by atoms with Gasteiger partial charge in [-0.1, -0.05) is 42.5 Å². The summed E-state index contributed by atoms with van der Waals surface area (Å²) in [6, 6.07) is 17.2. The maximum absolute atomic E-state index is 12.6. The minimum Gasteiger partial charge on any atom is -0.358 e. The molecule has 2 aromatic carbocycles. The Morgan fingerprint density at radius 2 is 1.89 bits per heavy atom. The van der Waals surface area contributed by atoms with Crippen LogP contribution in [0.2, 0.25) is 0 Å². The molecule has 1 aliphatic rings. The number of hydrogen-bond donors (Lipinski definition) is 2. The Bertz CT molecular complexity index is 959. The first-order chi connectivity index (χ1) is 13.1. The molecule has 1 aromatic heterocycles. The van der Waals surface area contributed by atoms with Crippen LogP contribution in [0.25, 0.3) is 10.9 Å². The zero-order chi connectivity index (χ0) is 18.8. The molecule has 0 aliphatic heterocycles. The molecular formula is C23H27N3O. The number of likely N-dealkylation sites (N-methyl/N-ethyl adjacent to an activating group) is 1. The summed E-state index contributed by atoms with van der Waals surface area (Å²) < 4.78 is 0. The lowest BCUT2D eigenvalue weighted by atomic mass is 9.88. The summed E-state index contributed by atoms with van der Waals surface area (Å²) in [5.41, 5.74) is 6.44. The SMILES string of the molecule is Cc1[nH]c2ccccc2c1CCNC(=O)N(C)C1CCc2ccccc2C1. The van der Waals surface area contributed by atoms with Crippen molar-refractivity contribution in [2.45, 2.75) is 38.6 Å². The number of nitrogens with zero attached hydrogens (tertiary/aromatic N) is 1. The van der Waals surface area contributed by atoms with E-state index in [9.17, 15) is 4.79 Å². The van der Waals surface area contributed by atoms with Gasteiger partial charge in [-0.25, -0.2) is 4.79 Å². The number of carbonyl (C=O) groups excluding carboxylic acids is 1. The number of benzene rings is 2. The maximum atomic E-state index is 12.6. The summed E-state index contributed by atoms with van der Waals surface area (Å²) in [6.07, 6.45) is 3.86. The van der Waals surface area contributed by atoms with Crippen LogP contribution in [0.5, 0.6) is 0 Å². The number of rotatable bonds is 4. The molecule has 2 amide bonds. The standard InChI is InChI=1S/C23H27N3O/c1-16-20(21-9-5-6-10-22(21)25-16)13-14-24-23(27)26(2)19-12-11-17-7-3-4-8-18(17)15-19/h3-10,19,25H,11-15H2,1-2H3,(H,24,27). The Morgan fingerprint density at radius 1 is 1.15 bits per heavy atom. The first-order valence-corrected chi connectivity index (χ1v) is 9.77. The Labute approximate surface area is 160 Å². The van der Waals surface area contributed by atoms with Gasteiger partial charge in [0.25, 0.3) is 0 Å². The number of H-pyrrole nitrogens is 1. The number of aryl methyl sites for hydroxylation is 2. The second kappa shape index (κ2) is 7.47. The summed E-state index contributed by atoms with van der Waals surface area (Å²) in [7, 11) is 1.92. The van der Waals surface area contributed by atoms with Gasteiger partial charge in [-0.3, -0.25) is 0 Å². The van der Waals surface area contributed by atoms with Crippen LogP contribution in [0, 0.1) is 6.92 Å². The smallest absolute Gasteiger partial charge is 0.317 e. The van der Waals surface area contributed by atoms with E-state index in [4.69, 9.17) is 0 Å². The number of aromatic nitrogens is 1. The molecule has 3 aromatic rings. The van der Waals surface area contributed by atoms with Gasteiger partial charge < -0.3 is 15.2 Å². The number of para-hydroxylation sites is 1. The highest BCUT2D eigenvalue weighted by Crippen LogP contribution is 2.24. The van der Waals surface area contributed by atoms with Gasteiger partial charge in [0.15, 0.2) is 0 Å². The Morgan fingerprint density at radius 3 is 2.74 bits per heavy atom.